The molecule has 0 atom stereocenters. The molecule has 1 heterocycles. The molecule has 0 fully saturated rings. The van der Waals surface area contributed by atoms with Crippen molar-refractivity contribution >= 4 is 35.0 Å². The Hall–Kier alpha value is -3.95. The average molecular weight is 433 g/mol. The number of ether oxygens (including phenoxy) is 2. The van der Waals surface area contributed by atoms with E-state index in [1.165, 1.54) is 6.08 Å². The van der Waals surface area contributed by atoms with E-state index in [2.05, 4.69) is 11.4 Å². The molecular formula is C24H17ClN2O4. The van der Waals surface area contributed by atoms with Gasteiger partial charge in [-0.25, -0.2) is 4.79 Å². The van der Waals surface area contributed by atoms with Gasteiger partial charge in [0, 0.05) is 35.0 Å². The van der Waals surface area contributed by atoms with Gasteiger partial charge in [0.25, 0.3) is 0 Å². The number of halogens is 1. The topological polar surface area (TPSA) is 91.6 Å². The maximum Gasteiger partial charge on any atom is 0.328 e. The average Bonchev–Trinajstić information content (AvgIpc) is 3.21. The molecule has 7 heteroatoms. The summed E-state index contributed by atoms with van der Waals surface area (Å²) in [6.45, 7) is 0.161. The highest BCUT2D eigenvalue weighted by Gasteiger charge is 2.18. The third kappa shape index (κ3) is 4.63. The number of benzene rings is 3. The summed E-state index contributed by atoms with van der Waals surface area (Å²) >= 11 is 6.45. The Morgan fingerprint density at radius 3 is 2.61 bits per heavy atom. The van der Waals surface area contributed by atoms with Crippen LogP contribution in [0.5, 0.6) is 11.5 Å². The van der Waals surface area contributed by atoms with Gasteiger partial charge in [-0.3, -0.25) is 0 Å². The summed E-state index contributed by atoms with van der Waals surface area (Å²) in [4.78, 5) is 10.7. The molecule has 0 amide bonds. The second kappa shape index (κ2) is 8.82. The lowest BCUT2D eigenvalue weighted by Crippen LogP contribution is -2.01. The van der Waals surface area contributed by atoms with E-state index in [1.807, 2.05) is 42.5 Å². The number of carboxylic acids is 1. The minimum atomic E-state index is -0.998. The van der Waals surface area contributed by atoms with Gasteiger partial charge in [0.15, 0.2) is 11.5 Å². The molecule has 154 valence electrons. The zero-order valence-corrected chi connectivity index (χ0v) is 17.0. The van der Waals surface area contributed by atoms with Gasteiger partial charge in [-0.2, -0.15) is 5.26 Å². The predicted octanol–water partition coefficient (Wildman–Crippen LogP) is 5.37. The molecule has 0 aromatic heterocycles. The number of rotatable bonds is 6. The molecule has 31 heavy (non-hydrogen) atoms. The van der Waals surface area contributed by atoms with Crippen LogP contribution in [0.4, 0.5) is 11.4 Å². The quantitative estimate of drug-likeness (QED) is 0.508. The fourth-order valence-corrected chi connectivity index (χ4v) is 3.51. The summed E-state index contributed by atoms with van der Waals surface area (Å²) < 4.78 is 10.8. The molecule has 0 radical (unpaired) electrons. The molecule has 1 aliphatic rings. The summed E-state index contributed by atoms with van der Waals surface area (Å²) in [5.74, 6) is 0.244. The summed E-state index contributed by atoms with van der Waals surface area (Å²) in [6, 6.07) is 18.6. The van der Waals surface area contributed by atoms with Crippen molar-refractivity contribution in [3.05, 3.63) is 87.9 Å². The molecule has 0 saturated carbocycles. The number of nitrogens with one attached hydrogen (secondary N) is 1. The van der Waals surface area contributed by atoms with Gasteiger partial charge >= 0.3 is 5.97 Å². The first-order chi connectivity index (χ1) is 15.0. The van der Waals surface area contributed by atoms with Crippen LogP contribution in [0.2, 0.25) is 5.02 Å². The molecule has 0 aliphatic carbocycles. The van der Waals surface area contributed by atoms with E-state index < -0.39 is 5.97 Å². The van der Waals surface area contributed by atoms with E-state index in [0.29, 0.717) is 28.5 Å². The van der Waals surface area contributed by atoms with Crippen LogP contribution >= 0.6 is 11.6 Å². The van der Waals surface area contributed by atoms with Crippen LogP contribution in [0.1, 0.15) is 22.3 Å². The summed E-state index contributed by atoms with van der Waals surface area (Å²) in [6.07, 6.45) is 3.04. The number of carbonyl (C=O) groups is 1. The molecule has 4 rings (SSSR count). The van der Waals surface area contributed by atoms with Crippen molar-refractivity contribution in [2.24, 2.45) is 0 Å². The largest absolute Gasteiger partial charge is 0.478 e. The lowest BCUT2D eigenvalue weighted by atomic mass is 9.97. The zero-order valence-electron chi connectivity index (χ0n) is 16.3. The maximum absolute atomic E-state index is 10.7. The first-order valence-electron chi connectivity index (χ1n) is 9.41. The number of aliphatic carboxylic acids is 1. The number of carboxylic acid groups (broad SMARTS) is 1. The Balaban J connectivity index is 1.63. The van der Waals surface area contributed by atoms with Crippen molar-refractivity contribution in [2.75, 3.05) is 12.1 Å². The first kappa shape index (κ1) is 20.3. The summed E-state index contributed by atoms with van der Waals surface area (Å²) in [7, 11) is 0. The van der Waals surface area contributed by atoms with E-state index in [-0.39, 0.29) is 6.79 Å². The van der Waals surface area contributed by atoms with Crippen LogP contribution in [0, 0.1) is 11.3 Å². The molecule has 0 bridgehead atoms. The highest BCUT2D eigenvalue weighted by molar-refractivity contribution is 6.31. The van der Waals surface area contributed by atoms with Crippen molar-refractivity contribution in [1.82, 2.24) is 0 Å². The van der Waals surface area contributed by atoms with Crippen LogP contribution in [0.25, 0.3) is 6.08 Å². The SMILES string of the molecule is N#Cc1cccc(Nc2ccc(C=CC(=O)O)cc2)c1Cc1cc2c(cc1Cl)OCO2. The lowest BCUT2D eigenvalue weighted by molar-refractivity contribution is -0.131. The van der Waals surface area contributed by atoms with Gasteiger partial charge in [-0.15, -0.1) is 0 Å². The second-order valence-electron chi connectivity index (χ2n) is 6.84. The van der Waals surface area contributed by atoms with Crippen LogP contribution < -0.4 is 14.8 Å². The minimum absolute atomic E-state index is 0.161. The molecule has 3 aromatic carbocycles. The van der Waals surface area contributed by atoms with E-state index in [4.69, 9.17) is 26.2 Å². The van der Waals surface area contributed by atoms with Crippen molar-refractivity contribution in [2.45, 2.75) is 6.42 Å². The smallest absolute Gasteiger partial charge is 0.328 e. The van der Waals surface area contributed by atoms with E-state index >= 15 is 0 Å². The number of nitrogens with zero attached hydrogens (tertiary/aromatic N) is 1. The van der Waals surface area contributed by atoms with Gasteiger partial charge in [0.1, 0.15) is 0 Å². The molecule has 2 N–H and O–H groups in total. The number of hydrogen-bond acceptors (Lipinski definition) is 5. The molecule has 0 saturated heterocycles. The van der Waals surface area contributed by atoms with Gasteiger partial charge in [-0.05, 0) is 53.1 Å². The summed E-state index contributed by atoms with van der Waals surface area (Å²) in [5.41, 5.74) is 4.53. The van der Waals surface area contributed by atoms with Crippen LogP contribution in [-0.2, 0) is 11.2 Å². The Morgan fingerprint density at radius 2 is 1.90 bits per heavy atom. The number of nitriles is 1. The Labute approximate surface area is 183 Å². The van der Waals surface area contributed by atoms with Gasteiger partial charge in [0.05, 0.1) is 11.6 Å². The van der Waals surface area contributed by atoms with Gasteiger partial charge in [0.2, 0.25) is 6.79 Å². The highest BCUT2D eigenvalue weighted by Crippen LogP contribution is 2.38. The summed E-state index contributed by atoms with van der Waals surface area (Å²) in [5, 5.41) is 22.3. The molecule has 0 unspecified atom stereocenters. The van der Waals surface area contributed by atoms with Crippen LogP contribution in [0.15, 0.2) is 60.7 Å². The Bertz CT molecular complexity index is 1210. The molecule has 0 spiro atoms. The van der Waals surface area contributed by atoms with Crippen molar-refractivity contribution in [1.29, 1.82) is 5.26 Å². The minimum Gasteiger partial charge on any atom is -0.478 e. The van der Waals surface area contributed by atoms with E-state index in [9.17, 15) is 10.1 Å². The number of anilines is 2. The lowest BCUT2D eigenvalue weighted by Gasteiger charge is -2.15. The monoisotopic (exact) mass is 432 g/mol. The third-order valence-electron chi connectivity index (χ3n) is 4.81. The second-order valence-corrected chi connectivity index (χ2v) is 7.24. The fourth-order valence-electron chi connectivity index (χ4n) is 3.28. The zero-order chi connectivity index (χ0) is 21.8. The molecule has 1 aliphatic heterocycles. The molecule has 6 nitrogen and oxygen atoms in total. The van der Waals surface area contributed by atoms with E-state index in [0.717, 1.165) is 34.1 Å². The normalized spacial score (nSPS) is 12.0. The van der Waals surface area contributed by atoms with Crippen molar-refractivity contribution in [3.63, 3.8) is 0 Å². The fraction of sp³-hybridized carbons (Fsp3) is 0.0833. The number of fused-ring (bicyclic) bond motifs is 1. The highest BCUT2D eigenvalue weighted by atomic mass is 35.5. The standard InChI is InChI=1S/C24H17ClN2O4/c25-20-12-23-22(30-14-31-23)11-17(20)10-19-16(13-26)2-1-3-21(19)27-18-7-4-15(5-8-18)6-9-24(28)29/h1-9,11-12,27H,10,14H2,(H,28,29). The van der Waals surface area contributed by atoms with Crippen molar-refractivity contribution < 1.29 is 19.4 Å². The molecular weight excluding hydrogens is 416 g/mol. The Morgan fingerprint density at radius 1 is 1.16 bits per heavy atom. The Kier molecular flexibility index (Phi) is 5.78. The van der Waals surface area contributed by atoms with E-state index in [1.54, 1.807) is 12.1 Å². The van der Waals surface area contributed by atoms with Gasteiger partial charge < -0.3 is 19.9 Å². The maximum atomic E-state index is 10.7. The van der Waals surface area contributed by atoms with Gasteiger partial charge in [-0.1, -0.05) is 29.8 Å². The molecule has 3 aromatic rings. The third-order valence-corrected chi connectivity index (χ3v) is 5.17. The first-order valence-corrected chi connectivity index (χ1v) is 9.79. The van der Waals surface area contributed by atoms with Crippen LogP contribution in [-0.4, -0.2) is 17.9 Å². The number of hydrogen-bond donors (Lipinski definition) is 2. The van der Waals surface area contributed by atoms with Crippen LogP contribution in [0.3, 0.4) is 0 Å². The predicted molar refractivity (Wildman–Crippen MR) is 118 cm³/mol. The van der Waals surface area contributed by atoms with Crippen molar-refractivity contribution in [3.8, 4) is 17.6 Å².